The highest BCUT2D eigenvalue weighted by molar-refractivity contribution is 9.10. The third kappa shape index (κ3) is 5.32. The number of carbonyl (C=O) groups is 2. The highest BCUT2D eigenvalue weighted by atomic mass is 79.9. The first-order chi connectivity index (χ1) is 14.3. The molecule has 0 radical (unpaired) electrons. The van der Waals surface area contributed by atoms with Crippen molar-refractivity contribution in [2.75, 3.05) is 13.2 Å². The molecule has 3 aromatic rings. The summed E-state index contributed by atoms with van der Waals surface area (Å²) in [5.74, 6) is -0.703. The van der Waals surface area contributed by atoms with Gasteiger partial charge in [-0.05, 0) is 34.8 Å². The number of esters is 1. The summed E-state index contributed by atoms with van der Waals surface area (Å²) < 4.78 is 8.11. The molecule has 2 heterocycles. The van der Waals surface area contributed by atoms with Crippen LogP contribution in [0.2, 0.25) is 0 Å². The van der Waals surface area contributed by atoms with Crippen LogP contribution < -0.4 is 10.9 Å². The second kappa shape index (κ2) is 9.66. The first-order valence-corrected chi connectivity index (χ1v) is 10.2. The van der Waals surface area contributed by atoms with Crippen LogP contribution in [-0.2, 0) is 34.3 Å². The normalized spacial score (nSPS) is 10.9. The van der Waals surface area contributed by atoms with Gasteiger partial charge in [0.1, 0.15) is 29.5 Å². The topological polar surface area (TPSA) is 108 Å². The first-order valence-electron chi connectivity index (χ1n) is 9.40. The minimum absolute atomic E-state index is 0.0239. The van der Waals surface area contributed by atoms with E-state index in [9.17, 15) is 14.4 Å². The molecule has 0 aliphatic rings. The molecule has 0 unspecified atom stereocenters. The molecular weight excluding hydrogens is 454 g/mol. The largest absolute Gasteiger partial charge is 0.462 e. The molecule has 2 aromatic heterocycles. The number of ether oxygens (including phenoxy) is 1. The van der Waals surface area contributed by atoms with Crippen LogP contribution in [0.15, 0.2) is 40.0 Å². The predicted molar refractivity (Wildman–Crippen MR) is 114 cm³/mol. The molecule has 10 heteroatoms. The van der Waals surface area contributed by atoms with E-state index in [-0.39, 0.29) is 31.2 Å². The Kier molecular flexibility index (Phi) is 6.99. The molecular formula is C20H22BrN5O4. The number of nitrogens with one attached hydrogen (secondary N) is 1. The Morgan fingerprint density at radius 3 is 2.70 bits per heavy atom. The maximum absolute atomic E-state index is 12.5. The fourth-order valence-electron chi connectivity index (χ4n) is 2.89. The molecule has 0 bridgehead atoms. The van der Waals surface area contributed by atoms with Crippen molar-refractivity contribution in [2.24, 2.45) is 7.05 Å². The molecule has 1 amide bonds. The van der Waals surface area contributed by atoms with E-state index in [2.05, 4.69) is 31.3 Å². The maximum Gasteiger partial charge on any atom is 0.326 e. The lowest BCUT2D eigenvalue weighted by atomic mass is 10.1. The number of amides is 1. The van der Waals surface area contributed by atoms with Crippen LogP contribution in [0.5, 0.6) is 0 Å². The molecule has 0 spiro atoms. The second-order valence-corrected chi connectivity index (χ2v) is 7.60. The van der Waals surface area contributed by atoms with E-state index in [0.717, 1.165) is 10.1 Å². The van der Waals surface area contributed by atoms with Crippen LogP contribution in [0.1, 0.15) is 17.5 Å². The molecule has 30 heavy (non-hydrogen) atoms. The maximum atomic E-state index is 12.5. The van der Waals surface area contributed by atoms with Gasteiger partial charge in [0.15, 0.2) is 5.65 Å². The van der Waals surface area contributed by atoms with E-state index < -0.39 is 5.97 Å². The number of fused-ring (bicyclic) bond motifs is 1. The Labute approximate surface area is 181 Å². The Balaban J connectivity index is 1.42. The summed E-state index contributed by atoms with van der Waals surface area (Å²) >= 11 is 3.22. The number of hydrogen-bond acceptors (Lipinski definition) is 6. The monoisotopic (exact) mass is 475 g/mol. The summed E-state index contributed by atoms with van der Waals surface area (Å²) in [4.78, 5) is 40.6. The number of nitrogens with zero attached hydrogens (tertiary/aromatic N) is 4. The molecule has 9 nitrogen and oxygen atoms in total. The molecule has 158 valence electrons. The summed E-state index contributed by atoms with van der Waals surface area (Å²) in [7, 11) is 1.67. The minimum Gasteiger partial charge on any atom is -0.462 e. The standard InChI is InChI=1S/C20H22BrN5O4/c1-13-3-5-14(6-4-13)7-8-15(27)22-9-10-30-16(28)11-26-12-23-19-17(20(26)29)18(21)24-25(19)2/h3-6,12H,7-11H2,1-2H3,(H,22,27). The van der Waals surface area contributed by atoms with Crippen molar-refractivity contribution in [1.29, 1.82) is 0 Å². The highest BCUT2D eigenvalue weighted by Gasteiger charge is 2.15. The van der Waals surface area contributed by atoms with Crippen molar-refractivity contribution < 1.29 is 14.3 Å². The van der Waals surface area contributed by atoms with Crippen LogP contribution in [0, 0.1) is 6.92 Å². The van der Waals surface area contributed by atoms with E-state index >= 15 is 0 Å². The average molecular weight is 476 g/mol. The number of carbonyl (C=O) groups excluding carboxylic acids is 2. The van der Waals surface area contributed by atoms with Crippen molar-refractivity contribution in [3.8, 4) is 0 Å². The lowest BCUT2D eigenvalue weighted by Gasteiger charge is -2.08. The van der Waals surface area contributed by atoms with E-state index in [1.165, 1.54) is 16.6 Å². The third-order valence-electron chi connectivity index (χ3n) is 4.52. The first kappa shape index (κ1) is 21.7. The third-order valence-corrected chi connectivity index (χ3v) is 5.07. The Morgan fingerprint density at radius 2 is 1.97 bits per heavy atom. The van der Waals surface area contributed by atoms with E-state index in [4.69, 9.17) is 4.74 Å². The summed E-state index contributed by atoms with van der Waals surface area (Å²) in [6.45, 7) is 1.97. The highest BCUT2D eigenvalue weighted by Crippen LogP contribution is 2.16. The van der Waals surface area contributed by atoms with Gasteiger partial charge in [-0.2, -0.15) is 5.10 Å². The molecule has 0 aliphatic carbocycles. The summed E-state index contributed by atoms with van der Waals surface area (Å²) in [6.07, 6.45) is 2.29. The minimum atomic E-state index is -0.591. The molecule has 3 rings (SSSR count). The zero-order chi connectivity index (χ0) is 21.7. The summed E-state index contributed by atoms with van der Waals surface area (Å²) in [5.41, 5.74) is 2.31. The van der Waals surface area contributed by atoms with Crippen LogP contribution in [0.25, 0.3) is 11.0 Å². The van der Waals surface area contributed by atoms with Gasteiger partial charge in [0.05, 0.1) is 6.54 Å². The molecule has 0 saturated heterocycles. The molecule has 1 aromatic carbocycles. The van der Waals surface area contributed by atoms with Crippen molar-refractivity contribution in [3.63, 3.8) is 0 Å². The van der Waals surface area contributed by atoms with Gasteiger partial charge in [-0.25, -0.2) is 9.67 Å². The lowest BCUT2D eigenvalue weighted by Crippen LogP contribution is -2.30. The van der Waals surface area contributed by atoms with Gasteiger partial charge in [-0.3, -0.25) is 19.0 Å². The van der Waals surface area contributed by atoms with Crippen molar-refractivity contribution >= 4 is 38.8 Å². The Morgan fingerprint density at radius 1 is 1.23 bits per heavy atom. The van der Waals surface area contributed by atoms with Gasteiger partial charge in [0, 0.05) is 13.5 Å². The number of hydrogen-bond donors (Lipinski definition) is 1. The number of halogens is 1. The van der Waals surface area contributed by atoms with Crippen LogP contribution in [0.3, 0.4) is 0 Å². The zero-order valence-electron chi connectivity index (χ0n) is 16.7. The lowest BCUT2D eigenvalue weighted by molar-refractivity contribution is -0.144. The van der Waals surface area contributed by atoms with Gasteiger partial charge in [0.2, 0.25) is 5.91 Å². The van der Waals surface area contributed by atoms with Crippen LogP contribution in [0.4, 0.5) is 0 Å². The van der Waals surface area contributed by atoms with E-state index in [1.54, 1.807) is 7.05 Å². The molecule has 0 saturated carbocycles. The van der Waals surface area contributed by atoms with Gasteiger partial charge in [0.25, 0.3) is 5.56 Å². The molecule has 0 atom stereocenters. The molecule has 1 N–H and O–H groups in total. The van der Waals surface area contributed by atoms with E-state index in [1.807, 2.05) is 31.2 Å². The summed E-state index contributed by atoms with van der Waals surface area (Å²) in [5, 5.41) is 7.10. The van der Waals surface area contributed by atoms with Crippen LogP contribution >= 0.6 is 15.9 Å². The van der Waals surface area contributed by atoms with Crippen molar-refractivity contribution in [1.82, 2.24) is 24.6 Å². The van der Waals surface area contributed by atoms with Gasteiger partial charge in [-0.1, -0.05) is 29.8 Å². The smallest absolute Gasteiger partial charge is 0.326 e. The Bertz CT molecular complexity index is 1120. The SMILES string of the molecule is Cc1ccc(CCC(=O)NCCOC(=O)Cn2cnc3c(c(Br)nn3C)c2=O)cc1. The Hall–Kier alpha value is -3.01. The van der Waals surface area contributed by atoms with Gasteiger partial charge in [-0.15, -0.1) is 0 Å². The average Bonchev–Trinajstić information content (AvgIpc) is 3.01. The fraction of sp³-hybridized carbons (Fsp3) is 0.350. The number of aryl methyl sites for hydroxylation is 3. The predicted octanol–water partition coefficient (Wildman–Crippen LogP) is 1.49. The fourth-order valence-corrected chi connectivity index (χ4v) is 3.47. The van der Waals surface area contributed by atoms with Gasteiger partial charge >= 0.3 is 5.97 Å². The zero-order valence-corrected chi connectivity index (χ0v) is 18.3. The molecule has 0 aliphatic heterocycles. The number of rotatable bonds is 8. The van der Waals surface area contributed by atoms with Gasteiger partial charge < -0.3 is 10.1 Å². The number of benzene rings is 1. The molecule has 0 fully saturated rings. The van der Waals surface area contributed by atoms with Crippen molar-refractivity contribution in [2.45, 2.75) is 26.3 Å². The quantitative estimate of drug-likeness (QED) is 0.390. The van der Waals surface area contributed by atoms with Crippen LogP contribution in [-0.4, -0.2) is 44.4 Å². The number of aromatic nitrogens is 4. The second-order valence-electron chi connectivity index (χ2n) is 6.85. The van der Waals surface area contributed by atoms with E-state index in [0.29, 0.717) is 28.5 Å². The van der Waals surface area contributed by atoms with Crippen molar-refractivity contribution in [3.05, 3.63) is 56.7 Å². The summed E-state index contributed by atoms with van der Waals surface area (Å²) in [6, 6.07) is 8.03.